The predicted molar refractivity (Wildman–Crippen MR) is 147 cm³/mol. The highest BCUT2D eigenvalue weighted by Gasteiger charge is 2.19. The Morgan fingerprint density at radius 1 is 1.22 bits per heavy atom. The molecule has 37 heavy (non-hydrogen) atoms. The molecular weight excluding hydrogens is 510 g/mol. The zero-order valence-corrected chi connectivity index (χ0v) is 22.5. The third-order valence-electron chi connectivity index (χ3n) is 6.40. The first-order chi connectivity index (χ1) is 18.1. The van der Waals surface area contributed by atoms with Gasteiger partial charge in [0.2, 0.25) is 5.91 Å². The van der Waals surface area contributed by atoms with Crippen molar-refractivity contribution < 1.29 is 19.0 Å². The van der Waals surface area contributed by atoms with Gasteiger partial charge in [-0.15, -0.1) is 11.3 Å². The SMILES string of the molecule is COc1ccc(CCn2c(SCC(=O)NC[C@@H]3CCCO3)nc3c(sc4ccccc43)c2=O)cc1OC. The molecule has 4 aromatic rings. The van der Waals surface area contributed by atoms with Crippen LogP contribution < -0.4 is 20.3 Å². The summed E-state index contributed by atoms with van der Waals surface area (Å²) in [5.74, 6) is 1.37. The number of thiophene rings is 1. The fourth-order valence-corrected chi connectivity index (χ4v) is 6.39. The van der Waals surface area contributed by atoms with Gasteiger partial charge in [-0.1, -0.05) is 36.0 Å². The van der Waals surface area contributed by atoms with Crippen molar-refractivity contribution in [2.45, 2.75) is 37.1 Å². The molecule has 1 aliphatic heterocycles. The fourth-order valence-electron chi connectivity index (χ4n) is 4.45. The molecule has 0 spiro atoms. The molecular formula is C27H29N3O5S2. The van der Waals surface area contributed by atoms with Crippen LogP contribution in [0.3, 0.4) is 0 Å². The van der Waals surface area contributed by atoms with E-state index in [0.29, 0.717) is 46.4 Å². The van der Waals surface area contributed by atoms with Gasteiger partial charge in [-0.3, -0.25) is 14.2 Å². The van der Waals surface area contributed by atoms with Crippen LogP contribution in [0.25, 0.3) is 20.3 Å². The summed E-state index contributed by atoms with van der Waals surface area (Å²) < 4.78 is 19.7. The van der Waals surface area contributed by atoms with Gasteiger partial charge in [-0.25, -0.2) is 4.98 Å². The van der Waals surface area contributed by atoms with Crippen molar-refractivity contribution in [3.63, 3.8) is 0 Å². The van der Waals surface area contributed by atoms with Crippen LogP contribution in [0.15, 0.2) is 52.4 Å². The maximum Gasteiger partial charge on any atom is 0.272 e. The molecule has 0 aliphatic carbocycles. The molecule has 1 N–H and O–H groups in total. The highest BCUT2D eigenvalue weighted by molar-refractivity contribution is 7.99. The van der Waals surface area contributed by atoms with Gasteiger partial charge in [-0.2, -0.15) is 0 Å². The Kier molecular flexibility index (Phi) is 7.97. The Morgan fingerprint density at radius 3 is 2.84 bits per heavy atom. The number of benzene rings is 2. The van der Waals surface area contributed by atoms with Gasteiger partial charge in [0.05, 0.1) is 31.6 Å². The first-order valence-corrected chi connectivity index (χ1v) is 14.0. The fraction of sp³-hybridized carbons (Fsp3) is 0.370. The number of carbonyl (C=O) groups excluding carboxylic acids is 1. The zero-order chi connectivity index (χ0) is 25.8. The van der Waals surface area contributed by atoms with Gasteiger partial charge < -0.3 is 19.5 Å². The van der Waals surface area contributed by atoms with E-state index in [4.69, 9.17) is 19.2 Å². The van der Waals surface area contributed by atoms with E-state index in [1.54, 1.807) is 18.8 Å². The van der Waals surface area contributed by atoms with Gasteiger partial charge >= 0.3 is 0 Å². The van der Waals surface area contributed by atoms with Crippen molar-refractivity contribution in [3.05, 3.63) is 58.4 Å². The Bertz CT molecular complexity index is 1480. The third-order valence-corrected chi connectivity index (χ3v) is 8.53. The number of methoxy groups -OCH3 is 2. The van der Waals surface area contributed by atoms with E-state index in [-0.39, 0.29) is 23.3 Å². The number of ether oxygens (including phenoxy) is 3. The van der Waals surface area contributed by atoms with Crippen LogP contribution in [-0.4, -0.2) is 54.7 Å². The van der Waals surface area contributed by atoms with Crippen molar-refractivity contribution in [3.8, 4) is 11.5 Å². The van der Waals surface area contributed by atoms with Gasteiger partial charge in [0.15, 0.2) is 16.7 Å². The third kappa shape index (κ3) is 5.61. The lowest BCUT2D eigenvalue weighted by Crippen LogP contribution is -2.33. The van der Waals surface area contributed by atoms with E-state index in [2.05, 4.69) is 5.32 Å². The Balaban J connectivity index is 1.41. The molecule has 0 unspecified atom stereocenters. The number of amides is 1. The molecule has 0 bridgehead atoms. The summed E-state index contributed by atoms with van der Waals surface area (Å²) in [5.41, 5.74) is 1.61. The van der Waals surface area contributed by atoms with Gasteiger partial charge in [0.1, 0.15) is 4.70 Å². The lowest BCUT2D eigenvalue weighted by molar-refractivity contribution is -0.119. The van der Waals surface area contributed by atoms with E-state index >= 15 is 0 Å². The number of nitrogens with zero attached hydrogens (tertiary/aromatic N) is 2. The molecule has 2 aromatic carbocycles. The topological polar surface area (TPSA) is 91.7 Å². The number of hydrogen-bond acceptors (Lipinski definition) is 8. The largest absolute Gasteiger partial charge is 0.493 e. The van der Waals surface area contributed by atoms with Crippen LogP contribution in [0.2, 0.25) is 0 Å². The van der Waals surface area contributed by atoms with E-state index in [1.165, 1.54) is 23.1 Å². The van der Waals surface area contributed by atoms with Crippen molar-refractivity contribution in [1.29, 1.82) is 0 Å². The van der Waals surface area contributed by atoms with Crippen LogP contribution in [0.1, 0.15) is 18.4 Å². The molecule has 1 atom stereocenters. The quantitative estimate of drug-likeness (QED) is 0.238. The molecule has 1 fully saturated rings. The summed E-state index contributed by atoms with van der Waals surface area (Å²) in [6.07, 6.45) is 2.67. The minimum Gasteiger partial charge on any atom is -0.493 e. The number of rotatable bonds is 10. The van der Waals surface area contributed by atoms with E-state index in [1.807, 2.05) is 42.5 Å². The molecule has 10 heteroatoms. The summed E-state index contributed by atoms with van der Waals surface area (Å²) in [6.45, 7) is 1.68. The maximum absolute atomic E-state index is 13.7. The molecule has 3 heterocycles. The highest BCUT2D eigenvalue weighted by atomic mass is 32.2. The second-order valence-electron chi connectivity index (χ2n) is 8.79. The van der Waals surface area contributed by atoms with Gasteiger partial charge in [0, 0.05) is 29.8 Å². The van der Waals surface area contributed by atoms with Crippen LogP contribution in [0.5, 0.6) is 11.5 Å². The summed E-state index contributed by atoms with van der Waals surface area (Å²) in [6, 6.07) is 13.6. The summed E-state index contributed by atoms with van der Waals surface area (Å²) in [5, 5.41) is 4.44. The first-order valence-electron chi connectivity index (χ1n) is 12.2. The standard InChI is InChI=1S/C27H29N3O5S2/c1-33-20-10-9-17(14-21(20)34-2)11-12-30-26(32)25-24(19-7-3-4-8-22(19)37-25)29-27(30)36-16-23(31)28-15-18-6-5-13-35-18/h3-4,7-10,14,18H,5-6,11-13,15-16H2,1-2H3,(H,28,31)/t18-/m0/s1. The van der Waals surface area contributed by atoms with Crippen molar-refractivity contribution in [2.75, 3.05) is 33.1 Å². The van der Waals surface area contributed by atoms with Crippen molar-refractivity contribution in [1.82, 2.24) is 14.9 Å². The van der Waals surface area contributed by atoms with Crippen LogP contribution in [0, 0.1) is 0 Å². The molecule has 194 valence electrons. The molecule has 1 saturated heterocycles. The number of aryl methyl sites for hydroxylation is 1. The van der Waals surface area contributed by atoms with Gasteiger partial charge in [-0.05, 0) is 43.0 Å². The van der Waals surface area contributed by atoms with E-state index in [0.717, 1.165) is 35.1 Å². The second kappa shape index (κ2) is 11.5. The normalized spacial score (nSPS) is 15.4. The second-order valence-corrected chi connectivity index (χ2v) is 10.8. The molecule has 1 amide bonds. The summed E-state index contributed by atoms with van der Waals surface area (Å²) in [7, 11) is 3.20. The van der Waals surface area contributed by atoms with Crippen LogP contribution in [-0.2, 0) is 22.5 Å². The number of nitrogens with one attached hydrogen (secondary N) is 1. The average Bonchev–Trinajstić information content (AvgIpc) is 3.58. The number of aromatic nitrogens is 2. The number of hydrogen-bond donors (Lipinski definition) is 1. The lowest BCUT2D eigenvalue weighted by atomic mass is 10.1. The first kappa shape index (κ1) is 25.6. The smallest absolute Gasteiger partial charge is 0.272 e. The van der Waals surface area contributed by atoms with Crippen molar-refractivity contribution >= 4 is 49.3 Å². The number of thioether (sulfide) groups is 1. The van der Waals surface area contributed by atoms with Crippen LogP contribution >= 0.6 is 23.1 Å². The number of carbonyl (C=O) groups is 1. The highest BCUT2D eigenvalue weighted by Crippen LogP contribution is 2.32. The average molecular weight is 540 g/mol. The van der Waals surface area contributed by atoms with Gasteiger partial charge in [0.25, 0.3) is 5.56 Å². The molecule has 0 radical (unpaired) electrons. The predicted octanol–water partition coefficient (Wildman–Crippen LogP) is 4.26. The maximum atomic E-state index is 13.7. The lowest BCUT2D eigenvalue weighted by Gasteiger charge is -2.14. The molecule has 2 aromatic heterocycles. The molecule has 1 aliphatic rings. The Hall–Kier alpha value is -3.08. The molecule has 5 rings (SSSR count). The van der Waals surface area contributed by atoms with E-state index in [9.17, 15) is 9.59 Å². The molecule has 8 nitrogen and oxygen atoms in total. The van der Waals surface area contributed by atoms with Crippen LogP contribution in [0.4, 0.5) is 0 Å². The summed E-state index contributed by atoms with van der Waals surface area (Å²) >= 11 is 2.74. The number of fused-ring (bicyclic) bond motifs is 3. The monoisotopic (exact) mass is 539 g/mol. The molecule has 0 saturated carbocycles. The Morgan fingerprint density at radius 2 is 2.05 bits per heavy atom. The summed E-state index contributed by atoms with van der Waals surface area (Å²) in [4.78, 5) is 31.1. The van der Waals surface area contributed by atoms with E-state index < -0.39 is 0 Å². The van der Waals surface area contributed by atoms with Crippen molar-refractivity contribution in [2.24, 2.45) is 0 Å². The minimum atomic E-state index is -0.100. The minimum absolute atomic E-state index is 0.0836. The Labute approximate surface area is 222 Å². The zero-order valence-electron chi connectivity index (χ0n) is 20.8.